The van der Waals surface area contributed by atoms with Crippen LogP contribution in [0.3, 0.4) is 0 Å². The standard InChI is InChI=1S/C22H24N4O4/c23-7-9-30-17-3-1-2-16(11-17)22(29)25-12-19(20(27)13-25)26-8-6-14-10-15(21(24)28)4-5-18(14)26/h1-6,8,10-11,19-20,27H,7,9,12-13,23H2,(H2,24,28)/t19-,20-/m1/s1. The molecule has 1 saturated heterocycles. The molecule has 2 heterocycles. The van der Waals surface area contributed by atoms with Crippen LogP contribution in [0.25, 0.3) is 10.9 Å². The van der Waals surface area contributed by atoms with E-state index in [1.165, 1.54) is 0 Å². The van der Waals surface area contributed by atoms with Crippen molar-refractivity contribution in [2.45, 2.75) is 12.1 Å². The van der Waals surface area contributed by atoms with Gasteiger partial charge in [0.25, 0.3) is 5.91 Å². The maximum absolute atomic E-state index is 13.0. The average Bonchev–Trinajstić information content (AvgIpc) is 3.34. The Balaban J connectivity index is 1.54. The Hall–Kier alpha value is -3.36. The molecule has 156 valence electrons. The van der Waals surface area contributed by atoms with Gasteiger partial charge in [-0.05, 0) is 42.5 Å². The number of amides is 2. The van der Waals surface area contributed by atoms with Gasteiger partial charge in [-0.2, -0.15) is 0 Å². The Kier molecular flexibility index (Phi) is 5.43. The number of likely N-dealkylation sites (tertiary alicyclic amines) is 1. The van der Waals surface area contributed by atoms with E-state index >= 15 is 0 Å². The summed E-state index contributed by atoms with van der Waals surface area (Å²) in [7, 11) is 0. The summed E-state index contributed by atoms with van der Waals surface area (Å²) >= 11 is 0. The fourth-order valence-corrected chi connectivity index (χ4v) is 3.89. The molecular weight excluding hydrogens is 384 g/mol. The third-order valence-electron chi connectivity index (χ3n) is 5.38. The first-order chi connectivity index (χ1) is 14.5. The SMILES string of the molecule is NCCOc1cccc(C(=O)N2C[C@@H](O)[C@H](n3ccc4cc(C(N)=O)ccc43)C2)c1. The molecule has 4 rings (SSSR count). The number of hydrogen-bond acceptors (Lipinski definition) is 5. The van der Waals surface area contributed by atoms with Crippen LogP contribution >= 0.6 is 0 Å². The van der Waals surface area contributed by atoms with Crippen molar-refractivity contribution in [3.63, 3.8) is 0 Å². The molecule has 8 nitrogen and oxygen atoms in total. The Morgan fingerprint density at radius 1 is 1.10 bits per heavy atom. The number of carbonyl (C=O) groups is 2. The summed E-state index contributed by atoms with van der Waals surface area (Å²) in [5.41, 5.74) is 12.6. The molecule has 0 unspecified atom stereocenters. The number of aliphatic hydroxyl groups excluding tert-OH is 1. The first-order valence-electron chi connectivity index (χ1n) is 9.78. The predicted molar refractivity (Wildman–Crippen MR) is 112 cm³/mol. The molecule has 1 aromatic heterocycles. The van der Waals surface area contributed by atoms with Gasteiger partial charge in [-0.1, -0.05) is 6.07 Å². The average molecular weight is 408 g/mol. The van der Waals surface area contributed by atoms with E-state index in [0.29, 0.717) is 36.6 Å². The van der Waals surface area contributed by atoms with E-state index in [1.807, 2.05) is 22.9 Å². The van der Waals surface area contributed by atoms with Crippen LogP contribution in [0.2, 0.25) is 0 Å². The number of ether oxygens (including phenoxy) is 1. The monoisotopic (exact) mass is 408 g/mol. The lowest BCUT2D eigenvalue weighted by Crippen LogP contribution is -2.29. The van der Waals surface area contributed by atoms with E-state index in [0.717, 1.165) is 10.9 Å². The molecule has 2 atom stereocenters. The smallest absolute Gasteiger partial charge is 0.254 e. The molecule has 0 aliphatic carbocycles. The summed E-state index contributed by atoms with van der Waals surface area (Å²) in [6.07, 6.45) is 1.15. The van der Waals surface area contributed by atoms with Crippen LogP contribution in [0.4, 0.5) is 0 Å². The second kappa shape index (κ2) is 8.17. The topological polar surface area (TPSA) is 124 Å². The van der Waals surface area contributed by atoms with Gasteiger partial charge in [0.2, 0.25) is 5.91 Å². The van der Waals surface area contributed by atoms with Gasteiger partial charge in [0, 0.05) is 47.9 Å². The van der Waals surface area contributed by atoms with Crippen molar-refractivity contribution in [3.8, 4) is 5.75 Å². The highest BCUT2D eigenvalue weighted by molar-refractivity contribution is 5.97. The molecule has 3 aromatic rings. The van der Waals surface area contributed by atoms with Crippen LogP contribution in [-0.4, -0.2) is 58.7 Å². The van der Waals surface area contributed by atoms with Crippen molar-refractivity contribution in [2.75, 3.05) is 26.2 Å². The molecule has 0 saturated carbocycles. The van der Waals surface area contributed by atoms with Gasteiger partial charge in [0.05, 0.1) is 12.1 Å². The van der Waals surface area contributed by atoms with E-state index in [4.69, 9.17) is 16.2 Å². The number of nitrogens with two attached hydrogens (primary N) is 2. The Labute approximate surface area is 173 Å². The molecule has 8 heteroatoms. The van der Waals surface area contributed by atoms with Gasteiger partial charge in [0.15, 0.2) is 0 Å². The lowest BCUT2D eigenvalue weighted by Gasteiger charge is -2.18. The van der Waals surface area contributed by atoms with Crippen molar-refractivity contribution in [3.05, 3.63) is 65.9 Å². The minimum Gasteiger partial charge on any atom is -0.492 e. The molecular formula is C22H24N4O4. The van der Waals surface area contributed by atoms with Gasteiger partial charge in [-0.25, -0.2) is 0 Å². The third kappa shape index (κ3) is 3.74. The van der Waals surface area contributed by atoms with Crippen LogP contribution < -0.4 is 16.2 Å². The van der Waals surface area contributed by atoms with Crippen LogP contribution in [0.1, 0.15) is 26.8 Å². The largest absolute Gasteiger partial charge is 0.492 e. The molecule has 2 aromatic carbocycles. The number of hydrogen-bond donors (Lipinski definition) is 3. The zero-order chi connectivity index (χ0) is 21.3. The number of aliphatic hydroxyl groups is 1. The Bertz CT molecular complexity index is 1090. The summed E-state index contributed by atoms with van der Waals surface area (Å²) in [6, 6.07) is 13.7. The van der Waals surface area contributed by atoms with Crippen LogP contribution in [0.5, 0.6) is 5.75 Å². The fourth-order valence-electron chi connectivity index (χ4n) is 3.89. The predicted octanol–water partition coefficient (Wildman–Crippen LogP) is 1.14. The maximum Gasteiger partial charge on any atom is 0.254 e. The molecule has 2 amide bonds. The zero-order valence-corrected chi connectivity index (χ0v) is 16.4. The number of benzene rings is 2. The molecule has 1 fully saturated rings. The Morgan fingerprint density at radius 2 is 1.93 bits per heavy atom. The van der Waals surface area contributed by atoms with E-state index in [-0.39, 0.29) is 18.5 Å². The Morgan fingerprint density at radius 3 is 2.70 bits per heavy atom. The van der Waals surface area contributed by atoms with E-state index in [9.17, 15) is 14.7 Å². The zero-order valence-electron chi connectivity index (χ0n) is 16.4. The van der Waals surface area contributed by atoms with Gasteiger partial charge in [-0.15, -0.1) is 0 Å². The van der Waals surface area contributed by atoms with Gasteiger partial charge in [-0.3, -0.25) is 9.59 Å². The summed E-state index contributed by atoms with van der Waals surface area (Å²) in [4.78, 5) is 26.0. The molecule has 0 radical (unpaired) electrons. The van der Waals surface area contributed by atoms with E-state index in [2.05, 4.69) is 0 Å². The maximum atomic E-state index is 13.0. The third-order valence-corrected chi connectivity index (χ3v) is 5.38. The van der Waals surface area contributed by atoms with Crippen LogP contribution in [0.15, 0.2) is 54.7 Å². The summed E-state index contributed by atoms with van der Waals surface area (Å²) in [6.45, 7) is 1.37. The number of primary amides is 1. The number of fused-ring (bicyclic) bond motifs is 1. The number of carbonyl (C=O) groups excluding carboxylic acids is 2. The van der Waals surface area contributed by atoms with E-state index < -0.39 is 12.0 Å². The number of nitrogens with zero attached hydrogens (tertiary/aromatic N) is 2. The van der Waals surface area contributed by atoms with Crippen molar-refractivity contribution >= 4 is 22.7 Å². The van der Waals surface area contributed by atoms with Crippen molar-refractivity contribution < 1.29 is 19.4 Å². The highest BCUT2D eigenvalue weighted by Gasteiger charge is 2.36. The minimum absolute atomic E-state index is 0.165. The second-order valence-electron chi connectivity index (χ2n) is 7.37. The molecule has 0 bridgehead atoms. The van der Waals surface area contributed by atoms with Gasteiger partial charge >= 0.3 is 0 Å². The van der Waals surface area contributed by atoms with Crippen molar-refractivity contribution in [1.82, 2.24) is 9.47 Å². The molecule has 1 aliphatic heterocycles. The molecule has 30 heavy (non-hydrogen) atoms. The van der Waals surface area contributed by atoms with Gasteiger partial charge in [0.1, 0.15) is 12.4 Å². The van der Waals surface area contributed by atoms with Gasteiger partial charge < -0.3 is 30.8 Å². The van der Waals surface area contributed by atoms with Crippen molar-refractivity contribution in [2.24, 2.45) is 11.5 Å². The summed E-state index contributed by atoms with van der Waals surface area (Å²) in [5.74, 6) is -0.0634. The number of aromatic nitrogens is 1. The lowest BCUT2D eigenvalue weighted by molar-refractivity contribution is 0.0764. The summed E-state index contributed by atoms with van der Waals surface area (Å²) < 4.78 is 7.45. The van der Waals surface area contributed by atoms with Crippen LogP contribution in [-0.2, 0) is 0 Å². The quantitative estimate of drug-likeness (QED) is 0.564. The lowest BCUT2D eigenvalue weighted by atomic mass is 10.1. The minimum atomic E-state index is -0.711. The van der Waals surface area contributed by atoms with Crippen LogP contribution in [0, 0.1) is 0 Å². The summed E-state index contributed by atoms with van der Waals surface area (Å²) in [5, 5.41) is 11.5. The highest BCUT2D eigenvalue weighted by Crippen LogP contribution is 2.29. The fraction of sp³-hybridized carbons (Fsp3) is 0.273. The highest BCUT2D eigenvalue weighted by atomic mass is 16.5. The molecule has 1 aliphatic rings. The first kappa shape index (κ1) is 19.9. The molecule has 0 spiro atoms. The van der Waals surface area contributed by atoms with Crippen molar-refractivity contribution in [1.29, 1.82) is 0 Å². The number of β-amino-alcohol motifs (C(OH)–C–C–N with tert-alkyl or cyclic N) is 1. The molecule has 5 N–H and O–H groups in total. The number of rotatable bonds is 6. The first-order valence-corrected chi connectivity index (χ1v) is 9.78. The second-order valence-corrected chi connectivity index (χ2v) is 7.37. The van der Waals surface area contributed by atoms with E-state index in [1.54, 1.807) is 41.3 Å². The normalized spacial score (nSPS) is 18.7.